The number of rotatable bonds is 3. The molecule has 104 valence electrons. The molecule has 0 amide bonds. The third-order valence-electron chi connectivity index (χ3n) is 3.78. The van der Waals surface area contributed by atoms with Crippen LogP contribution in [0, 0.1) is 5.92 Å². The molecule has 1 aromatic rings. The van der Waals surface area contributed by atoms with E-state index in [1.165, 1.54) is 5.56 Å². The molecule has 2 aliphatic rings. The second-order valence-corrected chi connectivity index (χ2v) is 5.28. The molecule has 0 saturated carbocycles. The van der Waals surface area contributed by atoms with Crippen molar-refractivity contribution in [1.29, 1.82) is 0 Å². The second kappa shape index (κ2) is 5.90. The van der Waals surface area contributed by atoms with Gasteiger partial charge in [-0.15, -0.1) is 0 Å². The van der Waals surface area contributed by atoms with E-state index in [1.807, 2.05) is 12.1 Å². The van der Waals surface area contributed by atoms with E-state index in [0.717, 1.165) is 18.9 Å². The maximum atomic E-state index is 5.76. The first-order valence-corrected chi connectivity index (χ1v) is 6.99. The van der Waals surface area contributed by atoms with Crippen LogP contribution < -0.4 is 10.1 Å². The Morgan fingerprint density at radius 2 is 2.11 bits per heavy atom. The first-order chi connectivity index (χ1) is 9.34. The quantitative estimate of drug-likeness (QED) is 0.902. The number of hydrogen-bond acceptors (Lipinski definition) is 4. The molecule has 1 fully saturated rings. The molecule has 19 heavy (non-hydrogen) atoms. The van der Waals surface area contributed by atoms with Crippen LogP contribution in [0.2, 0.25) is 0 Å². The van der Waals surface area contributed by atoms with Crippen molar-refractivity contribution in [3.63, 3.8) is 0 Å². The number of benzene rings is 1. The smallest absolute Gasteiger partial charge is 0.124 e. The van der Waals surface area contributed by atoms with Crippen molar-refractivity contribution >= 4 is 0 Å². The summed E-state index contributed by atoms with van der Waals surface area (Å²) in [5.74, 6) is 1.46. The summed E-state index contributed by atoms with van der Waals surface area (Å²) in [4.78, 5) is 0. The van der Waals surface area contributed by atoms with Crippen LogP contribution in [-0.4, -0.2) is 39.1 Å². The maximum Gasteiger partial charge on any atom is 0.124 e. The van der Waals surface area contributed by atoms with E-state index >= 15 is 0 Å². The summed E-state index contributed by atoms with van der Waals surface area (Å²) in [5, 5.41) is 3.61. The van der Waals surface area contributed by atoms with Gasteiger partial charge < -0.3 is 19.5 Å². The van der Waals surface area contributed by atoms with Gasteiger partial charge in [-0.2, -0.15) is 0 Å². The van der Waals surface area contributed by atoms with Gasteiger partial charge in [-0.3, -0.25) is 0 Å². The third kappa shape index (κ3) is 2.91. The van der Waals surface area contributed by atoms with E-state index in [0.29, 0.717) is 31.8 Å². The van der Waals surface area contributed by atoms with Gasteiger partial charge >= 0.3 is 0 Å². The molecule has 4 heteroatoms. The summed E-state index contributed by atoms with van der Waals surface area (Å²) in [7, 11) is 0. The highest BCUT2D eigenvalue weighted by Crippen LogP contribution is 2.34. The van der Waals surface area contributed by atoms with Gasteiger partial charge in [-0.1, -0.05) is 25.1 Å². The normalized spacial score (nSPS) is 30.5. The zero-order valence-corrected chi connectivity index (χ0v) is 11.3. The van der Waals surface area contributed by atoms with Gasteiger partial charge in [0.2, 0.25) is 0 Å². The largest absolute Gasteiger partial charge is 0.493 e. The molecule has 3 atom stereocenters. The molecule has 0 aromatic heterocycles. The summed E-state index contributed by atoms with van der Waals surface area (Å²) in [5.41, 5.74) is 1.25. The summed E-state index contributed by atoms with van der Waals surface area (Å²) < 4.78 is 16.9. The molecule has 3 rings (SSSR count). The van der Waals surface area contributed by atoms with Crippen LogP contribution in [0.3, 0.4) is 0 Å². The molecule has 1 N–H and O–H groups in total. The van der Waals surface area contributed by atoms with E-state index in [-0.39, 0.29) is 6.10 Å². The van der Waals surface area contributed by atoms with Gasteiger partial charge in [0.25, 0.3) is 0 Å². The van der Waals surface area contributed by atoms with Crippen LogP contribution in [0.5, 0.6) is 5.75 Å². The highest BCUT2D eigenvalue weighted by Gasteiger charge is 2.28. The predicted octanol–water partition coefficient (Wildman–Crippen LogP) is 1.76. The Kier molecular flexibility index (Phi) is 4.01. The van der Waals surface area contributed by atoms with E-state index in [9.17, 15) is 0 Å². The summed E-state index contributed by atoms with van der Waals surface area (Å²) >= 11 is 0. The lowest BCUT2D eigenvalue weighted by atomic mass is 9.92. The molecule has 2 heterocycles. The first kappa shape index (κ1) is 12.9. The average molecular weight is 263 g/mol. The molecule has 3 unspecified atom stereocenters. The Bertz CT molecular complexity index is 418. The molecule has 4 nitrogen and oxygen atoms in total. The first-order valence-electron chi connectivity index (χ1n) is 6.99. The van der Waals surface area contributed by atoms with Gasteiger partial charge in [0.1, 0.15) is 5.75 Å². The molecule has 0 bridgehead atoms. The lowest BCUT2D eigenvalue weighted by Crippen LogP contribution is -2.42. The molecule has 1 aromatic carbocycles. The number of ether oxygens (including phenoxy) is 3. The van der Waals surface area contributed by atoms with E-state index in [4.69, 9.17) is 14.2 Å². The lowest BCUT2D eigenvalue weighted by Gasteiger charge is -2.33. The fraction of sp³-hybridized carbons (Fsp3) is 0.600. The Hall–Kier alpha value is -1.10. The average Bonchev–Trinajstić information content (AvgIpc) is 2.47. The zero-order valence-electron chi connectivity index (χ0n) is 11.3. The molecular weight excluding hydrogens is 242 g/mol. The van der Waals surface area contributed by atoms with Crippen LogP contribution in [-0.2, 0) is 9.47 Å². The van der Waals surface area contributed by atoms with Crippen molar-refractivity contribution in [2.24, 2.45) is 5.92 Å². The minimum absolute atomic E-state index is 0.163. The van der Waals surface area contributed by atoms with Gasteiger partial charge in [0.05, 0.1) is 32.5 Å². The Morgan fingerprint density at radius 1 is 1.21 bits per heavy atom. The molecule has 0 radical (unpaired) electrons. The predicted molar refractivity (Wildman–Crippen MR) is 72.4 cm³/mol. The Labute approximate surface area is 114 Å². The SMILES string of the molecule is CC1COc2ccccc2C1NCC1COCCO1. The standard InChI is InChI=1S/C15H21NO3/c1-11-9-19-14-5-3-2-4-13(14)15(11)16-8-12-10-17-6-7-18-12/h2-5,11-12,15-16H,6-10H2,1H3. The van der Waals surface area contributed by atoms with Crippen molar-refractivity contribution in [2.75, 3.05) is 33.0 Å². The number of hydrogen-bond donors (Lipinski definition) is 1. The summed E-state index contributed by atoms with van der Waals surface area (Å²) in [6.45, 7) is 5.90. The zero-order chi connectivity index (χ0) is 13.1. The van der Waals surface area contributed by atoms with Crippen LogP contribution in [0.4, 0.5) is 0 Å². The fourth-order valence-corrected chi connectivity index (χ4v) is 2.72. The highest BCUT2D eigenvalue weighted by molar-refractivity contribution is 5.37. The molecule has 2 aliphatic heterocycles. The fourth-order valence-electron chi connectivity index (χ4n) is 2.72. The van der Waals surface area contributed by atoms with Crippen molar-refractivity contribution in [1.82, 2.24) is 5.32 Å². The second-order valence-electron chi connectivity index (χ2n) is 5.28. The summed E-state index contributed by atoms with van der Waals surface area (Å²) in [6, 6.07) is 8.59. The van der Waals surface area contributed by atoms with Crippen molar-refractivity contribution in [2.45, 2.75) is 19.1 Å². The molecule has 1 saturated heterocycles. The van der Waals surface area contributed by atoms with Gasteiger partial charge in [0, 0.05) is 24.1 Å². The number of nitrogens with one attached hydrogen (secondary N) is 1. The van der Waals surface area contributed by atoms with Gasteiger partial charge in [-0.25, -0.2) is 0 Å². The van der Waals surface area contributed by atoms with E-state index in [1.54, 1.807) is 0 Å². The van der Waals surface area contributed by atoms with Gasteiger partial charge in [0.15, 0.2) is 0 Å². The van der Waals surface area contributed by atoms with E-state index in [2.05, 4.69) is 24.4 Å². The Morgan fingerprint density at radius 3 is 2.95 bits per heavy atom. The van der Waals surface area contributed by atoms with E-state index < -0.39 is 0 Å². The lowest BCUT2D eigenvalue weighted by molar-refractivity contribution is -0.0877. The minimum Gasteiger partial charge on any atom is -0.493 e. The topological polar surface area (TPSA) is 39.7 Å². The number of fused-ring (bicyclic) bond motifs is 1. The highest BCUT2D eigenvalue weighted by atomic mass is 16.6. The maximum absolute atomic E-state index is 5.76. The number of para-hydroxylation sites is 1. The molecular formula is C15H21NO3. The van der Waals surface area contributed by atoms with Crippen molar-refractivity contribution < 1.29 is 14.2 Å². The molecule has 0 spiro atoms. The van der Waals surface area contributed by atoms with Crippen LogP contribution in [0.25, 0.3) is 0 Å². The molecule has 0 aliphatic carbocycles. The van der Waals surface area contributed by atoms with Crippen LogP contribution >= 0.6 is 0 Å². The summed E-state index contributed by atoms with van der Waals surface area (Å²) in [6.07, 6.45) is 0.163. The van der Waals surface area contributed by atoms with Crippen molar-refractivity contribution in [3.05, 3.63) is 29.8 Å². The van der Waals surface area contributed by atoms with Crippen molar-refractivity contribution in [3.8, 4) is 5.75 Å². The Balaban J connectivity index is 1.65. The van der Waals surface area contributed by atoms with Crippen LogP contribution in [0.1, 0.15) is 18.5 Å². The third-order valence-corrected chi connectivity index (χ3v) is 3.78. The van der Waals surface area contributed by atoms with Gasteiger partial charge in [-0.05, 0) is 6.07 Å². The monoisotopic (exact) mass is 263 g/mol. The van der Waals surface area contributed by atoms with Crippen LogP contribution in [0.15, 0.2) is 24.3 Å². The minimum atomic E-state index is 0.163.